The van der Waals surface area contributed by atoms with E-state index >= 15 is 0 Å². The second-order valence-electron chi connectivity index (χ2n) is 4.05. The predicted molar refractivity (Wildman–Crippen MR) is 66.4 cm³/mol. The van der Waals surface area contributed by atoms with Crippen LogP contribution in [-0.2, 0) is 6.61 Å². The zero-order valence-corrected chi connectivity index (χ0v) is 10.1. The molecule has 2 aromatic rings. The van der Waals surface area contributed by atoms with E-state index in [0.717, 1.165) is 28.7 Å². The van der Waals surface area contributed by atoms with Gasteiger partial charge < -0.3 is 9.84 Å². The average Bonchev–Trinajstić information content (AvgIpc) is 2.87. The summed E-state index contributed by atoms with van der Waals surface area (Å²) in [5.74, 6) is 1.27. The molecule has 0 fully saturated rings. The third-order valence-electron chi connectivity index (χ3n) is 2.98. The van der Waals surface area contributed by atoms with Crippen LogP contribution in [0.5, 0.6) is 5.75 Å². The Bertz CT molecular complexity index is 524. The molecule has 0 saturated heterocycles. The number of para-hydroxylation sites is 1. The summed E-state index contributed by atoms with van der Waals surface area (Å²) in [5, 5.41) is 10.2. The zero-order valence-electron chi connectivity index (χ0n) is 9.30. The number of hydrogen-bond acceptors (Lipinski definition) is 4. The minimum absolute atomic E-state index is 0.0720. The standard InChI is InChI=1S/C13H13NO2S/c15-8-9-7-14-13(17-9)11-5-6-16-12-4-2-1-3-10(11)12/h1-4,7,11,15H,5-6,8H2. The SMILES string of the molecule is OCc1cnc(C2CCOc3ccccc32)s1. The maximum absolute atomic E-state index is 9.09. The van der Waals surface area contributed by atoms with Gasteiger partial charge in [-0.3, -0.25) is 0 Å². The Morgan fingerprint density at radius 3 is 3.12 bits per heavy atom. The second-order valence-corrected chi connectivity index (χ2v) is 5.20. The van der Waals surface area contributed by atoms with Gasteiger partial charge in [-0.25, -0.2) is 4.98 Å². The first-order valence-electron chi connectivity index (χ1n) is 5.65. The highest BCUT2D eigenvalue weighted by molar-refractivity contribution is 7.11. The molecule has 3 nitrogen and oxygen atoms in total. The Balaban J connectivity index is 1.99. The molecule has 1 unspecified atom stereocenters. The van der Waals surface area contributed by atoms with Crippen LogP contribution < -0.4 is 4.74 Å². The van der Waals surface area contributed by atoms with Crippen LogP contribution in [0, 0.1) is 0 Å². The van der Waals surface area contributed by atoms with Crippen molar-refractivity contribution < 1.29 is 9.84 Å². The number of fused-ring (bicyclic) bond motifs is 1. The summed E-state index contributed by atoms with van der Waals surface area (Å²) in [6.07, 6.45) is 2.72. The molecule has 0 amide bonds. The number of ether oxygens (including phenoxy) is 1. The Labute approximate surface area is 104 Å². The molecule has 88 valence electrons. The number of hydrogen-bond donors (Lipinski definition) is 1. The fourth-order valence-electron chi connectivity index (χ4n) is 2.16. The van der Waals surface area contributed by atoms with E-state index in [2.05, 4.69) is 11.1 Å². The molecule has 0 radical (unpaired) electrons. The van der Waals surface area contributed by atoms with Gasteiger partial charge in [0.15, 0.2) is 0 Å². The van der Waals surface area contributed by atoms with Crippen molar-refractivity contribution in [3.05, 3.63) is 45.9 Å². The Morgan fingerprint density at radius 1 is 1.41 bits per heavy atom. The minimum atomic E-state index is 0.0720. The van der Waals surface area contributed by atoms with Crippen molar-refractivity contribution in [2.75, 3.05) is 6.61 Å². The molecule has 1 atom stereocenters. The molecule has 0 spiro atoms. The lowest BCUT2D eigenvalue weighted by atomic mass is 9.94. The van der Waals surface area contributed by atoms with Crippen molar-refractivity contribution in [3.63, 3.8) is 0 Å². The fourth-order valence-corrected chi connectivity index (χ4v) is 3.09. The molecular formula is C13H13NO2S. The molecule has 0 aliphatic carbocycles. The molecule has 1 aliphatic heterocycles. The summed E-state index contributed by atoms with van der Waals surface area (Å²) in [4.78, 5) is 5.33. The van der Waals surface area contributed by atoms with Crippen LogP contribution >= 0.6 is 11.3 Å². The van der Waals surface area contributed by atoms with Crippen molar-refractivity contribution in [3.8, 4) is 5.75 Å². The first-order valence-corrected chi connectivity index (χ1v) is 6.47. The Morgan fingerprint density at radius 2 is 2.29 bits per heavy atom. The molecule has 2 heterocycles. The summed E-state index contributed by atoms with van der Waals surface area (Å²) in [5.41, 5.74) is 1.21. The Kier molecular flexibility index (Phi) is 2.82. The van der Waals surface area contributed by atoms with Crippen molar-refractivity contribution in [1.82, 2.24) is 4.98 Å². The third kappa shape index (κ3) is 1.94. The van der Waals surface area contributed by atoms with E-state index in [1.165, 1.54) is 5.56 Å². The zero-order chi connectivity index (χ0) is 11.7. The third-order valence-corrected chi connectivity index (χ3v) is 4.08. The number of thiazole rings is 1. The molecule has 0 bridgehead atoms. The van der Waals surface area contributed by atoms with Gasteiger partial charge in [-0.15, -0.1) is 11.3 Å². The quantitative estimate of drug-likeness (QED) is 0.886. The van der Waals surface area contributed by atoms with Crippen LogP contribution in [0.3, 0.4) is 0 Å². The maximum Gasteiger partial charge on any atom is 0.123 e. The smallest absolute Gasteiger partial charge is 0.123 e. The van der Waals surface area contributed by atoms with Gasteiger partial charge in [0.2, 0.25) is 0 Å². The van der Waals surface area contributed by atoms with Crippen molar-refractivity contribution in [1.29, 1.82) is 0 Å². The first kappa shape index (κ1) is 10.7. The van der Waals surface area contributed by atoms with E-state index in [-0.39, 0.29) is 6.61 Å². The average molecular weight is 247 g/mol. The highest BCUT2D eigenvalue weighted by Gasteiger charge is 2.24. The van der Waals surface area contributed by atoms with Crippen LogP contribution in [0.15, 0.2) is 30.5 Å². The highest BCUT2D eigenvalue weighted by atomic mass is 32.1. The van der Waals surface area contributed by atoms with Gasteiger partial charge in [-0.1, -0.05) is 18.2 Å². The number of rotatable bonds is 2. The molecule has 4 heteroatoms. The highest BCUT2D eigenvalue weighted by Crippen LogP contribution is 2.39. The summed E-state index contributed by atoms with van der Waals surface area (Å²) < 4.78 is 5.64. The van der Waals surface area contributed by atoms with Gasteiger partial charge in [0.25, 0.3) is 0 Å². The van der Waals surface area contributed by atoms with Gasteiger partial charge in [0.1, 0.15) is 10.8 Å². The van der Waals surface area contributed by atoms with E-state index < -0.39 is 0 Å². The molecule has 1 aliphatic rings. The van der Waals surface area contributed by atoms with Crippen molar-refractivity contribution in [2.24, 2.45) is 0 Å². The molecular weight excluding hydrogens is 234 g/mol. The normalized spacial score (nSPS) is 18.5. The van der Waals surface area contributed by atoms with Gasteiger partial charge in [-0.2, -0.15) is 0 Å². The fraction of sp³-hybridized carbons (Fsp3) is 0.308. The predicted octanol–water partition coefficient (Wildman–Crippen LogP) is 2.55. The molecule has 1 aromatic heterocycles. The summed E-state index contributed by atoms with van der Waals surface area (Å²) in [7, 11) is 0. The number of benzene rings is 1. The summed E-state index contributed by atoms with van der Waals surface area (Å²) in [6.45, 7) is 0.804. The van der Waals surface area contributed by atoms with Crippen LogP contribution in [0.25, 0.3) is 0 Å². The lowest BCUT2D eigenvalue weighted by molar-refractivity contribution is 0.277. The van der Waals surface area contributed by atoms with Crippen LogP contribution in [0.2, 0.25) is 0 Å². The van der Waals surface area contributed by atoms with Crippen molar-refractivity contribution >= 4 is 11.3 Å². The number of aliphatic hydroxyl groups excluding tert-OH is 1. The van der Waals surface area contributed by atoms with Crippen LogP contribution in [0.4, 0.5) is 0 Å². The number of nitrogens with zero attached hydrogens (tertiary/aromatic N) is 1. The monoisotopic (exact) mass is 247 g/mol. The van der Waals surface area contributed by atoms with Gasteiger partial charge in [-0.05, 0) is 12.5 Å². The largest absolute Gasteiger partial charge is 0.493 e. The van der Waals surface area contributed by atoms with Crippen molar-refractivity contribution in [2.45, 2.75) is 18.9 Å². The lowest BCUT2D eigenvalue weighted by Gasteiger charge is -2.24. The van der Waals surface area contributed by atoms with E-state index in [4.69, 9.17) is 9.84 Å². The van der Waals surface area contributed by atoms with Gasteiger partial charge in [0.05, 0.1) is 18.1 Å². The molecule has 0 saturated carbocycles. The molecule has 1 aromatic carbocycles. The van der Waals surface area contributed by atoms with E-state index in [9.17, 15) is 0 Å². The maximum atomic E-state index is 9.09. The lowest BCUT2D eigenvalue weighted by Crippen LogP contribution is -2.14. The molecule has 3 rings (SSSR count). The minimum Gasteiger partial charge on any atom is -0.493 e. The van der Waals surface area contributed by atoms with E-state index in [1.807, 2.05) is 18.2 Å². The van der Waals surface area contributed by atoms with Crippen LogP contribution in [-0.4, -0.2) is 16.7 Å². The molecule has 1 N–H and O–H groups in total. The topological polar surface area (TPSA) is 42.4 Å². The summed E-state index contributed by atoms with van der Waals surface area (Å²) in [6, 6.07) is 8.12. The molecule has 17 heavy (non-hydrogen) atoms. The second kappa shape index (κ2) is 4.47. The van der Waals surface area contributed by atoms with E-state index in [1.54, 1.807) is 17.5 Å². The summed E-state index contributed by atoms with van der Waals surface area (Å²) >= 11 is 1.59. The van der Waals surface area contributed by atoms with E-state index in [0.29, 0.717) is 5.92 Å². The van der Waals surface area contributed by atoms with Gasteiger partial charge >= 0.3 is 0 Å². The number of aromatic nitrogens is 1. The van der Waals surface area contributed by atoms with Gasteiger partial charge in [0, 0.05) is 17.7 Å². The first-order chi connectivity index (χ1) is 8.38. The van der Waals surface area contributed by atoms with Crippen LogP contribution in [0.1, 0.15) is 27.8 Å². The number of aliphatic hydroxyl groups is 1. The Hall–Kier alpha value is -1.39.